The monoisotopic (exact) mass is 203 g/mol. The number of nitrogens with zero attached hydrogens (tertiary/aromatic N) is 2. The van der Waals surface area contributed by atoms with E-state index in [1.165, 1.54) is 0 Å². The molecule has 2 aromatic heterocycles. The summed E-state index contributed by atoms with van der Waals surface area (Å²) < 4.78 is 0. The largest absolute Gasteiger partial charge is 0.384 e. The van der Waals surface area contributed by atoms with Gasteiger partial charge in [-0.2, -0.15) is 0 Å². The molecular weight excluding hydrogens is 194 g/mol. The molecule has 0 aliphatic heterocycles. The van der Waals surface area contributed by atoms with Crippen LogP contribution in [0.3, 0.4) is 0 Å². The molecule has 0 fully saturated rings. The number of hydrogen-bond acceptors (Lipinski definition) is 4. The smallest absolute Gasteiger partial charge is 0.123 e. The van der Waals surface area contributed by atoms with Gasteiger partial charge in [-0.15, -0.1) is 0 Å². The summed E-state index contributed by atoms with van der Waals surface area (Å²) in [5.41, 5.74) is 5.48. The van der Waals surface area contributed by atoms with Gasteiger partial charge in [-0.1, -0.05) is 17.8 Å². The van der Waals surface area contributed by atoms with Crippen LogP contribution in [-0.2, 0) is 0 Å². The maximum atomic E-state index is 5.48. The van der Waals surface area contributed by atoms with Crippen molar-refractivity contribution < 1.29 is 0 Å². The highest BCUT2D eigenvalue weighted by molar-refractivity contribution is 7.99. The summed E-state index contributed by atoms with van der Waals surface area (Å²) in [6.45, 7) is 0. The molecule has 2 aromatic rings. The third-order valence-corrected chi connectivity index (χ3v) is 2.55. The molecule has 0 amide bonds. The number of rotatable bonds is 2. The van der Waals surface area contributed by atoms with Gasteiger partial charge in [0.2, 0.25) is 0 Å². The number of pyridine rings is 2. The Morgan fingerprint density at radius 3 is 2.64 bits per heavy atom. The SMILES string of the molecule is Nc1ccc(Sc2ccccn2)cn1. The third kappa shape index (κ3) is 2.23. The molecule has 0 bridgehead atoms. The van der Waals surface area contributed by atoms with E-state index in [2.05, 4.69) is 9.97 Å². The highest BCUT2D eigenvalue weighted by atomic mass is 32.2. The number of anilines is 1. The predicted octanol–water partition coefficient (Wildman–Crippen LogP) is 2.21. The maximum absolute atomic E-state index is 5.48. The van der Waals surface area contributed by atoms with Crippen LogP contribution in [0.4, 0.5) is 5.82 Å². The van der Waals surface area contributed by atoms with Gasteiger partial charge in [0.1, 0.15) is 10.8 Å². The molecule has 0 unspecified atom stereocenters. The first-order chi connectivity index (χ1) is 6.84. The Bertz CT molecular complexity index is 399. The first kappa shape index (κ1) is 9.02. The van der Waals surface area contributed by atoms with E-state index in [-0.39, 0.29) is 0 Å². The average Bonchev–Trinajstić information content (AvgIpc) is 2.23. The Balaban J connectivity index is 2.16. The van der Waals surface area contributed by atoms with Crippen molar-refractivity contribution in [2.24, 2.45) is 0 Å². The summed E-state index contributed by atoms with van der Waals surface area (Å²) in [7, 11) is 0. The Morgan fingerprint density at radius 1 is 1.07 bits per heavy atom. The fourth-order valence-electron chi connectivity index (χ4n) is 0.980. The zero-order valence-electron chi connectivity index (χ0n) is 7.42. The van der Waals surface area contributed by atoms with Crippen molar-refractivity contribution in [3.8, 4) is 0 Å². The molecule has 0 aliphatic rings. The third-order valence-electron chi connectivity index (χ3n) is 1.62. The lowest BCUT2D eigenvalue weighted by Gasteiger charge is -1.99. The summed E-state index contributed by atoms with van der Waals surface area (Å²) >= 11 is 1.57. The van der Waals surface area contributed by atoms with Gasteiger partial charge in [-0.3, -0.25) is 0 Å². The lowest BCUT2D eigenvalue weighted by Crippen LogP contribution is -1.88. The van der Waals surface area contributed by atoms with Gasteiger partial charge in [0, 0.05) is 17.3 Å². The first-order valence-corrected chi connectivity index (χ1v) is 4.97. The van der Waals surface area contributed by atoms with E-state index in [0.29, 0.717) is 5.82 Å². The van der Waals surface area contributed by atoms with Gasteiger partial charge in [0.05, 0.1) is 0 Å². The first-order valence-electron chi connectivity index (χ1n) is 4.15. The van der Waals surface area contributed by atoms with Crippen LogP contribution in [0.5, 0.6) is 0 Å². The van der Waals surface area contributed by atoms with Crippen molar-refractivity contribution in [3.05, 3.63) is 42.7 Å². The van der Waals surface area contributed by atoms with Gasteiger partial charge in [-0.05, 0) is 24.3 Å². The zero-order valence-corrected chi connectivity index (χ0v) is 8.24. The fourth-order valence-corrected chi connectivity index (χ4v) is 1.72. The van der Waals surface area contributed by atoms with Crippen molar-refractivity contribution in [2.75, 3.05) is 5.73 Å². The Kier molecular flexibility index (Phi) is 2.65. The minimum absolute atomic E-state index is 0.537. The zero-order chi connectivity index (χ0) is 9.80. The Labute approximate surface area is 86.4 Å². The standard InChI is InChI=1S/C10H9N3S/c11-9-5-4-8(7-13-9)14-10-3-1-2-6-12-10/h1-7H,(H2,11,13). The van der Waals surface area contributed by atoms with Crippen LogP contribution < -0.4 is 5.73 Å². The van der Waals surface area contributed by atoms with E-state index < -0.39 is 0 Å². The lowest BCUT2D eigenvalue weighted by molar-refractivity contribution is 1.13. The second-order valence-electron chi connectivity index (χ2n) is 2.69. The molecular formula is C10H9N3S. The van der Waals surface area contributed by atoms with Gasteiger partial charge < -0.3 is 5.73 Å². The van der Waals surface area contributed by atoms with Crippen LogP contribution in [0.2, 0.25) is 0 Å². The normalized spacial score (nSPS) is 10.0. The maximum Gasteiger partial charge on any atom is 0.123 e. The molecule has 0 atom stereocenters. The van der Waals surface area contributed by atoms with Gasteiger partial charge >= 0.3 is 0 Å². The molecule has 3 nitrogen and oxygen atoms in total. The second kappa shape index (κ2) is 4.11. The van der Waals surface area contributed by atoms with E-state index in [9.17, 15) is 0 Å². The van der Waals surface area contributed by atoms with E-state index in [0.717, 1.165) is 9.92 Å². The van der Waals surface area contributed by atoms with E-state index in [1.807, 2.05) is 24.3 Å². The van der Waals surface area contributed by atoms with Crippen LogP contribution in [0, 0.1) is 0 Å². The average molecular weight is 203 g/mol. The summed E-state index contributed by atoms with van der Waals surface area (Å²) in [6.07, 6.45) is 3.52. The van der Waals surface area contributed by atoms with Crippen LogP contribution >= 0.6 is 11.8 Å². The molecule has 70 valence electrons. The molecule has 2 N–H and O–H groups in total. The molecule has 0 saturated carbocycles. The number of aromatic nitrogens is 2. The van der Waals surface area contributed by atoms with Crippen molar-refractivity contribution in [2.45, 2.75) is 9.92 Å². The molecule has 0 spiro atoms. The molecule has 0 aromatic carbocycles. The minimum atomic E-state index is 0.537. The molecule has 2 heterocycles. The number of hydrogen-bond donors (Lipinski definition) is 1. The van der Waals surface area contributed by atoms with Crippen molar-refractivity contribution >= 4 is 17.6 Å². The molecule has 4 heteroatoms. The van der Waals surface area contributed by atoms with Crippen molar-refractivity contribution in [1.82, 2.24) is 9.97 Å². The predicted molar refractivity (Wildman–Crippen MR) is 57.0 cm³/mol. The molecule has 0 radical (unpaired) electrons. The summed E-state index contributed by atoms with van der Waals surface area (Å²) in [4.78, 5) is 9.24. The van der Waals surface area contributed by atoms with E-state index in [1.54, 1.807) is 30.2 Å². The van der Waals surface area contributed by atoms with Gasteiger partial charge in [0.25, 0.3) is 0 Å². The molecule has 2 rings (SSSR count). The Morgan fingerprint density at radius 2 is 2.00 bits per heavy atom. The summed E-state index contributed by atoms with van der Waals surface area (Å²) in [5.74, 6) is 0.537. The van der Waals surface area contributed by atoms with Crippen molar-refractivity contribution in [3.63, 3.8) is 0 Å². The molecule has 0 saturated heterocycles. The van der Waals surface area contributed by atoms with Crippen LogP contribution in [0.15, 0.2) is 52.6 Å². The van der Waals surface area contributed by atoms with Crippen molar-refractivity contribution in [1.29, 1.82) is 0 Å². The van der Waals surface area contributed by atoms with Gasteiger partial charge in [0.15, 0.2) is 0 Å². The highest BCUT2D eigenvalue weighted by Gasteiger charge is 1.97. The van der Waals surface area contributed by atoms with Crippen LogP contribution in [-0.4, -0.2) is 9.97 Å². The molecule has 14 heavy (non-hydrogen) atoms. The Hall–Kier alpha value is -1.55. The quantitative estimate of drug-likeness (QED) is 0.813. The molecule has 0 aliphatic carbocycles. The summed E-state index contributed by atoms with van der Waals surface area (Å²) in [5, 5.41) is 0.957. The van der Waals surface area contributed by atoms with Gasteiger partial charge in [-0.25, -0.2) is 9.97 Å². The van der Waals surface area contributed by atoms with Crippen LogP contribution in [0.1, 0.15) is 0 Å². The highest BCUT2D eigenvalue weighted by Crippen LogP contribution is 2.24. The second-order valence-corrected chi connectivity index (χ2v) is 3.78. The summed E-state index contributed by atoms with van der Waals surface area (Å²) in [6, 6.07) is 9.53. The minimum Gasteiger partial charge on any atom is -0.384 e. The van der Waals surface area contributed by atoms with E-state index in [4.69, 9.17) is 5.73 Å². The number of nitrogen functional groups attached to an aromatic ring is 1. The topological polar surface area (TPSA) is 51.8 Å². The lowest BCUT2D eigenvalue weighted by atomic mass is 10.5. The number of nitrogens with two attached hydrogens (primary N) is 1. The fraction of sp³-hybridized carbons (Fsp3) is 0. The van der Waals surface area contributed by atoms with Crippen LogP contribution in [0.25, 0.3) is 0 Å². The van der Waals surface area contributed by atoms with E-state index >= 15 is 0 Å².